The minimum absolute atomic E-state index is 0.0274. The van der Waals surface area contributed by atoms with Gasteiger partial charge in [0.05, 0.1) is 45.4 Å². The normalized spacial score (nSPS) is 22.9. The predicted molar refractivity (Wildman–Crippen MR) is 159 cm³/mol. The quantitative estimate of drug-likeness (QED) is 0.176. The van der Waals surface area contributed by atoms with Gasteiger partial charge in [-0.1, -0.05) is 11.6 Å². The Hall–Kier alpha value is -2.98. The van der Waals surface area contributed by atoms with E-state index in [0.717, 1.165) is 36.4 Å². The fraction of sp³-hybridized carbons (Fsp3) is 0.536. The van der Waals surface area contributed by atoms with Crippen molar-refractivity contribution in [2.45, 2.75) is 69.0 Å². The number of nitrogens with one attached hydrogen (secondary N) is 2. The standard InChI is InChI=1S/C28H33ClF3N7O4S/c1-44(42,43)38(8-3-2-4-23-36-20-11-18(28(30,31)32)19(29)12-21(20)37-23)13-15-10-22(25(41)24(15)40)39-9-7-17-26(35-16-5-6-16)33-14-34-27(17)39/h7,9,11-12,14-16,22,24-25,40-41H,2-6,8,10,13H2,1H3,(H,36,37)(H,33,34,35)/t15-,22-,24-,25+/m1/s1. The molecule has 4 atom stereocenters. The summed E-state index contributed by atoms with van der Waals surface area (Å²) in [5, 5.41) is 25.7. The number of aliphatic hydroxyl groups is 2. The molecule has 4 aromatic rings. The maximum atomic E-state index is 13.2. The van der Waals surface area contributed by atoms with E-state index < -0.39 is 51.0 Å². The lowest BCUT2D eigenvalue weighted by Gasteiger charge is -2.25. The molecule has 44 heavy (non-hydrogen) atoms. The molecule has 3 heterocycles. The molecule has 4 N–H and O–H groups in total. The van der Waals surface area contributed by atoms with Crippen LogP contribution in [0.4, 0.5) is 19.0 Å². The highest BCUT2D eigenvalue weighted by molar-refractivity contribution is 7.88. The van der Waals surface area contributed by atoms with Gasteiger partial charge in [0.1, 0.15) is 29.7 Å². The second-order valence-electron chi connectivity index (χ2n) is 11.8. The number of fused-ring (bicyclic) bond motifs is 2. The third-order valence-corrected chi connectivity index (χ3v) is 10.0. The topological polar surface area (TPSA) is 149 Å². The summed E-state index contributed by atoms with van der Waals surface area (Å²) in [7, 11) is -3.64. The highest BCUT2D eigenvalue weighted by Crippen LogP contribution is 2.39. The van der Waals surface area contributed by atoms with Crippen molar-refractivity contribution < 1.29 is 31.8 Å². The van der Waals surface area contributed by atoms with E-state index in [9.17, 15) is 31.8 Å². The third-order valence-electron chi connectivity index (χ3n) is 8.46. The summed E-state index contributed by atoms with van der Waals surface area (Å²) in [4.78, 5) is 16.0. The van der Waals surface area contributed by atoms with E-state index in [4.69, 9.17) is 11.6 Å². The van der Waals surface area contributed by atoms with Crippen molar-refractivity contribution in [3.63, 3.8) is 0 Å². The Bertz CT molecular complexity index is 1780. The van der Waals surface area contributed by atoms with Gasteiger partial charge in [0.15, 0.2) is 0 Å². The van der Waals surface area contributed by atoms with Gasteiger partial charge < -0.3 is 25.1 Å². The molecule has 0 aliphatic heterocycles. The van der Waals surface area contributed by atoms with Crippen molar-refractivity contribution in [3.8, 4) is 0 Å². The zero-order valence-electron chi connectivity index (χ0n) is 23.8. The number of hydrogen-bond acceptors (Lipinski definition) is 8. The number of aryl methyl sites for hydroxylation is 1. The van der Waals surface area contributed by atoms with Crippen LogP contribution in [0.3, 0.4) is 0 Å². The molecule has 0 saturated heterocycles. The number of alkyl halides is 3. The van der Waals surface area contributed by atoms with Crippen LogP contribution < -0.4 is 5.32 Å². The first-order valence-corrected chi connectivity index (χ1v) is 16.7. The monoisotopic (exact) mass is 655 g/mol. The number of rotatable bonds is 11. The number of anilines is 1. The van der Waals surface area contributed by atoms with Crippen molar-refractivity contribution in [2.75, 3.05) is 24.7 Å². The average Bonchev–Trinajstić information content (AvgIpc) is 3.40. The Morgan fingerprint density at radius 2 is 1.95 bits per heavy atom. The van der Waals surface area contributed by atoms with Gasteiger partial charge in [0.2, 0.25) is 10.0 Å². The van der Waals surface area contributed by atoms with Crippen LogP contribution in [-0.4, -0.2) is 85.0 Å². The lowest BCUT2D eigenvalue weighted by Crippen LogP contribution is -2.39. The number of aromatic amines is 1. The molecule has 2 fully saturated rings. The van der Waals surface area contributed by atoms with E-state index in [1.165, 1.54) is 16.7 Å². The minimum Gasteiger partial charge on any atom is -0.390 e. The van der Waals surface area contributed by atoms with Crippen LogP contribution in [-0.2, 0) is 22.6 Å². The van der Waals surface area contributed by atoms with E-state index >= 15 is 0 Å². The summed E-state index contributed by atoms with van der Waals surface area (Å²) in [5.74, 6) is 0.675. The van der Waals surface area contributed by atoms with Gasteiger partial charge in [-0.15, -0.1) is 0 Å². The highest BCUT2D eigenvalue weighted by atomic mass is 35.5. The Kier molecular flexibility index (Phi) is 8.28. The Balaban J connectivity index is 1.09. The number of nitrogens with zero attached hydrogens (tertiary/aromatic N) is 5. The molecule has 6 rings (SSSR count). The molecule has 2 aliphatic carbocycles. The molecule has 11 nitrogen and oxygen atoms in total. The minimum atomic E-state index is -4.59. The fourth-order valence-corrected chi connectivity index (χ4v) is 7.18. The van der Waals surface area contributed by atoms with Crippen LogP contribution in [0, 0.1) is 5.92 Å². The Labute approximate surface area is 256 Å². The number of imidazole rings is 1. The average molecular weight is 656 g/mol. The van der Waals surface area contributed by atoms with E-state index in [1.54, 1.807) is 0 Å². The van der Waals surface area contributed by atoms with Gasteiger partial charge in [0, 0.05) is 37.7 Å². The first-order valence-electron chi connectivity index (χ1n) is 14.4. The molecule has 0 spiro atoms. The van der Waals surface area contributed by atoms with Crippen LogP contribution in [0.25, 0.3) is 22.1 Å². The smallest absolute Gasteiger partial charge is 0.390 e. The molecule has 0 bridgehead atoms. The zero-order chi connectivity index (χ0) is 31.4. The van der Waals surface area contributed by atoms with Crippen molar-refractivity contribution in [2.24, 2.45) is 5.92 Å². The van der Waals surface area contributed by atoms with E-state index in [2.05, 4.69) is 25.3 Å². The number of halogens is 4. The molecule has 2 saturated carbocycles. The number of aromatic nitrogens is 5. The largest absolute Gasteiger partial charge is 0.417 e. The van der Waals surface area contributed by atoms with Crippen molar-refractivity contribution in [1.29, 1.82) is 0 Å². The summed E-state index contributed by atoms with van der Waals surface area (Å²) >= 11 is 5.81. The number of unbranched alkanes of at least 4 members (excludes halogenated alkanes) is 1. The van der Waals surface area contributed by atoms with Crippen LogP contribution in [0.2, 0.25) is 5.02 Å². The number of sulfonamides is 1. The first-order chi connectivity index (χ1) is 20.8. The molecule has 3 aromatic heterocycles. The van der Waals surface area contributed by atoms with Crippen LogP contribution >= 0.6 is 11.6 Å². The second-order valence-corrected chi connectivity index (χ2v) is 14.1. The molecule has 238 valence electrons. The van der Waals surface area contributed by atoms with Crippen molar-refractivity contribution >= 4 is 49.5 Å². The van der Waals surface area contributed by atoms with Gasteiger partial charge in [-0.3, -0.25) is 0 Å². The van der Waals surface area contributed by atoms with Gasteiger partial charge in [0.25, 0.3) is 0 Å². The lowest BCUT2D eigenvalue weighted by molar-refractivity contribution is -0.137. The first kappa shape index (κ1) is 31.0. The maximum absolute atomic E-state index is 13.2. The molecular weight excluding hydrogens is 623 g/mol. The molecular formula is C28H33ClF3N7O4S. The van der Waals surface area contributed by atoms with Gasteiger partial charge in [-0.25, -0.2) is 27.7 Å². The van der Waals surface area contributed by atoms with Gasteiger partial charge in [-0.2, -0.15) is 13.2 Å². The highest BCUT2D eigenvalue weighted by Gasteiger charge is 2.44. The summed E-state index contributed by atoms with van der Waals surface area (Å²) in [6, 6.07) is 3.87. The summed E-state index contributed by atoms with van der Waals surface area (Å²) < 4.78 is 68.1. The fourth-order valence-electron chi connectivity index (χ4n) is 5.98. The predicted octanol–water partition coefficient (Wildman–Crippen LogP) is 4.12. The van der Waals surface area contributed by atoms with E-state index in [1.807, 2.05) is 16.8 Å². The Morgan fingerprint density at radius 3 is 2.66 bits per heavy atom. The Morgan fingerprint density at radius 1 is 1.18 bits per heavy atom. The maximum Gasteiger partial charge on any atom is 0.417 e. The number of hydrogen-bond donors (Lipinski definition) is 4. The zero-order valence-corrected chi connectivity index (χ0v) is 25.4. The molecule has 2 aliphatic rings. The van der Waals surface area contributed by atoms with E-state index in [-0.39, 0.29) is 18.6 Å². The van der Waals surface area contributed by atoms with Crippen molar-refractivity contribution in [3.05, 3.63) is 47.1 Å². The molecule has 0 unspecified atom stereocenters. The number of aliphatic hydroxyl groups excluding tert-OH is 2. The second kappa shape index (κ2) is 11.7. The van der Waals surface area contributed by atoms with Crippen LogP contribution in [0.1, 0.15) is 49.5 Å². The third kappa shape index (κ3) is 6.38. The van der Waals surface area contributed by atoms with Crippen LogP contribution in [0.5, 0.6) is 0 Å². The van der Waals surface area contributed by atoms with Crippen LogP contribution in [0.15, 0.2) is 30.7 Å². The molecule has 0 radical (unpaired) electrons. The van der Waals surface area contributed by atoms with Gasteiger partial charge >= 0.3 is 6.18 Å². The SMILES string of the molecule is CS(=O)(=O)N(CCCCc1nc2cc(C(F)(F)F)c(Cl)cc2[nH]1)C[C@H]1C[C@@H](n2ccc3c(NC4CC4)ncnc32)[C@H](O)[C@@H]1O. The lowest BCUT2D eigenvalue weighted by atomic mass is 10.1. The molecule has 1 aromatic carbocycles. The summed E-state index contributed by atoms with van der Waals surface area (Å²) in [6.45, 7) is 0.197. The molecule has 0 amide bonds. The summed E-state index contributed by atoms with van der Waals surface area (Å²) in [6.07, 6.45) is 1.38. The van der Waals surface area contributed by atoms with E-state index in [0.29, 0.717) is 48.7 Å². The van der Waals surface area contributed by atoms with Crippen molar-refractivity contribution in [1.82, 2.24) is 28.8 Å². The summed E-state index contributed by atoms with van der Waals surface area (Å²) in [5.41, 5.74) is 0.206. The number of benzene rings is 1. The van der Waals surface area contributed by atoms with Gasteiger partial charge in [-0.05, 0) is 50.3 Å². The molecule has 16 heteroatoms. The number of H-pyrrole nitrogens is 1.